The SMILES string of the molecule is COc1ccc(-c2sc(N(C)C3CCCCC3)nc2C)cc1S(=O)(=O)NC1CCCCC1C. The van der Waals surface area contributed by atoms with Gasteiger partial charge in [-0.05, 0) is 62.3 Å². The van der Waals surface area contributed by atoms with Crippen LogP contribution in [0, 0.1) is 12.8 Å². The standard InChI is InChI=1S/C25H37N3O3S2/c1-17-10-8-9-13-21(17)27-33(29,30)23-16-19(14-15-22(23)31-4)24-18(2)26-25(32-24)28(3)20-11-6-5-7-12-20/h14-17,20-21,27H,5-13H2,1-4H3. The van der Waals surface area contributed by atoms with Crippen molar-refractivity contribution >= 4 is 26.5 Å². The number of ether oxygens (including phenoxy) is 1. The van der Waals surface area contributed by atoms with Crippen LogP contribution in [0.5, 0.6) is 5.75 Å². The number of aryl methyl sites for hydroxylation is 1. The van der Waals surface area contributed by atoms with E-state index in [1.807, 2.05) is 13.0 Å². The van der Waals surface area contributed by atoms with E-state index in [9.17, 15) is 8.42 Å². The number of sulfonamides is 1. The minimum Gasteiger partial charge on any atom is -0.495 e. The number of aromatic nitrogens is 1. The van der Waals surface area contributed by atoms with Crippen LogP contribution in [0.1, 0.15) is 70.4 Å². The fourth-order valence-corrected chi connectivity index (χ4v) is 7.88. The molecule has 4 rings (SSSR count). The third-order valence-electron chi connectivity index (χ3n) is 7.34. The van der Waals surface area contributed by atoms with Crippen LogP contribution in [0.15, 0.2) is 23.1 Å². The lowest BCUT2D eigenvalue weighted by Gasteiger charge is -2.30. The molecule has 2 fully saturated rings. The van der Waals surface area contributed by atoms with Crippen molar-refractivity contribution in [1.82, 2.24) is 9.71 Å². The predicted octanol–water partition coefficient (Wildman–Crippen LogP) is 5.75. The zero-order valence-electron chi connectivity index (χ0n) is 20.3. The van der Waals surface area contributed by atoms with Crippen molar-refractivity contribution in [3.05, 3.63) is 23.9 Å². The minimum absolute atomic E-state index is 0.0296. The van der Waals surface area contributed by atoms with Crippen molar-refractivity contribution < 1.29 is 13.2 Å². The smallest absolute Gasteiger partial charge is 0.244 e. The van der Waals surface area contributed by atoms with Crippen LogP contribution in [0.2, 0.25) is 0 Å². The Morgan fingerprint density at radius 3 is 2.48 bits per heavy atom. The first-order chi connectivity index (χ1) is 15.8. The number of thiazole rings is 1. The summed E-state index contributed by atoms with van der Waals surface area (Å²) in [5.74, 6) is 0.709. The van der Waals surface area contributed by atoms with Gasteiger partial charge in [0.25, 0.3) is 0 Å². The van der Waals surface area contributed by atoms with Crippen molar-refractivity contribution in [3.8, 4) is 16.2 Å². The van der Waals surface area contributed by atoms with Crippen LogP contribution >= 0.6 is 11.3 Å². The molecule has 2 aliphatic carbocycles. The first-order valence-electron chi connectivity index (χ1n) is 12.2. The molecule has 2 aromatic rings. The molecule has 0 radical (unpaired) electrons. The third-order valence-corrected chi connectivity index (χ3v) is 10.2. The van der Waals surface area contributed by atoms with Crippen LogP contribution in [0.4, 0.5) is 5.13 Å². The molecule has 1 N–H and O–H groups in total. The van der Waals surface area contributed by atoms with Gasteiger partial charge in [0.1, 0.15) is 10.6 Å². The Kier molecular flexibility index (Phi) is 7.66. The molecule has 1 aromatic heterocycles. The summed E-state index contributed by atoms with van der Waals surface area (Å²) in [6, 6.07) is 5.95. The van der Waals surface area contributed by atoms with Gasteiger partial charge in [0.05, 0.1) is 17.7 Å². The summed E-state index contributed by atoms with van der Waals surface area (Å²) in [6.07, 6.45) is 10.5. The van der Waals surface area contributed by atoms with Gasteiger partial charge in [0.15, 0.2) is 5.13 Å². The Balaban J connectivity index is 1.63. The maximum atomic E-state index is 13.4. The van der Waals surface area contributed by atoms with Gasteiger partial charge in [-0.15, -0.1) is 0 Å². The van der Waals surface area contributed by atoms with E-state index in [4.69, 9.17) is 9.72 Å². The summed E-state index contributed by atoms with van der Waals surface area (Å²) in [7, 11) is -0.0504. The maximum absolute atomic E-state index is 13.4. The lowest BCUT2D eigenvalue weighted by atomic mass is 9.87. The predicted molar refractivity (Wildman–Crippen MR) is 136 cm³/mol. The summed E-state index contributed by atoms with van der Waals surface area (Å²) < 4.78 is 35.2. The average molecular weight is 492 g/mol. The number of hydrogen-bond donors (Lipinski definition) is 1. The molecule has 33 heavy (non-hydrogen) atoms. The Bertz CT molecular complexity index is 1060. The highest BCUT2D eigenvalue weighted by Crippen LogP contribution is 2.39. The van der Waals surface area contributed by atoms with Gasteiger partial charge in [-0.2, -0.15) is 0 Å². The fourth-order valence-electron chi connectivity index (χ4n) is 5.21. The Morgan fingerprint density at radius 1 is 1.09 bits per heavy atom. The molecule has 2 aliphatic rings. The van der Waals surface area contributed by atoms with Gasteiger partial charge < -0.3 is 9.64 Å². The molecule has 2 atom stereocenters. The lowest BCUT2D eigenvalue weighted by Crippen LogP contribution is -2.41. The first-order valence-corrected chi connectivity index (χ1v) is 14.5. The highest BCUT2D eigenvalue weighted by Gasteiger charge is 2.29. The fraction of sp³-hybridized carbons (Fsp3) is 0.640. The van der Waals surface area contributed by atoms with E-state index in [0.29, 0.717) is 17.7 Å². The second kappa shape index (κ2) is 10.3. The molecular weight excluding hydrogens is 454 g/mol. The zero-order valence-corrected chi connectivity index (χ0v) is 21.9. The molecule has 2 saturated carbocycles. The summed E-state index contributed by atoms with van der Waals surface area (Å²) in [5, 5.41) is 1.00. The molecule has 0 aliphatic heterocycles. The van der Waals surface area contributed by atoms with Gasteiger partial charge in [0, 0.05) is 19.1 Å². The molecule has 6 nitrogen and oxygen atoms in total. The minimum atomic E-state index is -3.71. The van der Waals surface area contributed by atoms with E-state index in [0.717, 1.165) is 40.5 Å². The van der Waals surface area contributed by atoms with Crippen LogP contribution in [-0.2, 0) is 10.0 Å². The largest absolute Gasteiger partial charge is 0.495 e. The molecule has 182 valence electrons. The molecule has 1 heterocycles. The van der Waals surface area contributed by atoms with Crippen LogP contribution in [-0.4, -0.2) is 39.6 Å². The highest BCUT2D eigenvalue weighted by molar-refractivity contribution is 7.89. The number of methoxy groups -OCH3 is 1. The van der Waals surface area contributed by atoms with Gasteiger partial charge in [-0.3, -0.25) is 0 Å². The van der Waals surface area contributed by atoms with Gasteiger partial charge in [0.2, 0.25) is 10.0 Å². The quantitative estimate of drug-likeness (QED) is 0.534. The summed E-state index contributed by atoms with van der Waals surface area (Å²) >= 11 is 1.64. The van der Waals surface area contributed by atoms with E-state index in [1.54, 1.807) is 23.5 Å². The average Bonchev–Trinajstić information content (AvgIpc) is 3.21. The van der Waals surface area contributed by atoms with E-state index in [2.05, 4.69) is 23.6 Å². The van der Waals surface area contributed by atoms with Crippen molar-refractivity contribution in [2.24, 2.45) is 5.92 Å². The van der Waals surface area contributed by atoms with Crippen LogP contribution in [0.3, 0.4) is 0 Å². The topological polar surface area (TPSA) is 71.5 Å². The van der Waals surface area contributed by atoms with E-state index >= 15 is 0 Å². The molecule has 0 spiro atoms. The normalized spacial score (nSPS) is 22.3. The number of benzene rings is 1. The Labute approximate surface area is 202 Å². The number of hydrogen-bond acceptors (Lipinski definition) is 6. The summed E-state index contributed by atoms with van der Waals surface area (Å²) in [4.78, 5) is 8.38. The van der Waals surface area contributed by atoms with Gasteiger partial charge >= 0.3 is 0 Å². The van der Waals surface area contributed by atoms with Crippen molar-refractivity contribution in [2.45, 2.75) is 88.6 Å². The monoisotopic (exact) mass is 491 g/mol. The Hall–Kier alpha value is -1.64. The van der Waals surface area contributed by atoms with E-state index in [1.165, 1.54) is 45.6 Å². The second-order valence-electron chi connectivity index (χ2n) is 9.67. The maximum Gasteiger partial charge on any atom is 0.244 e. The molecular formula is C25H37N3O3S2. The number of nitrogens with one attached hydrogen (secondary N) is 1. The van der Waals surface area contributed by atoms with Crippen molar-refractivity contribution in [2.75, 3.05) is 19.1 Å². The van der Waals surface area contributed by atoms with Crippen LogP contribution in [0.25, 0.3) is 10.4 Å². The number of rotatable bonds is 7. The highest BCUT2D eigenvalue weighted by atomic mass is 32.2. The summed E-state index contributed by atoms with van der Waals surface area (Å²) in [5.41, 5.74) is 1.80. The van der Waals surface area contributed by atoms with Crippen LogP contribution < -0.4 is 14.4 Å². The first kappa shape index (κ1) is 24.5. The molecule has 8 heteroatoms. The molecule has 1 aromatic carbocycles. The molecule has 2 unspecified atom stereocenters. The Morgan fingerprint density at radius 2 is 1.79 bits per heavy atom. The van der Waals surface area contributed by atoms with E-state index < -0.39 is 10.0 Å². The zero-order chi connectivity index (χ0) is 23.6. The lowest BCUT2D eigenvalue weighted by molar-refractivity contribution is 0.310. The third kappa shape index (κ3) is 5.38. The molecule has 0 saturated heterocycles. The van der Waals surface area contributed by atoms with Crippen molar-refractivity contribution in [1.29, 1.82) is 0 Å². The van der Waals surface area contributed by atoms with E-state index in [-0.39, 0.29) is 10.9 Å². The summed E-state index contributed by atoms with van der Waals surface area (Å²) in [6.45, 7) is 4.13. The number of nitrogens with zero attached hydrogens (tertiary/aromatic N) is 2. The van der Waals surface area contributed by atoms with Crippen molar-refractivity contribution in [3.63, 3.8) is 0 Å². The molecule has 0 bridgehead atoms. The van der Waals surface area contributed by atoms with Gasteiger partial charge in [-0.25, -0.2) is 18.1 Å². The number of anilines is 1. The van der Waals surface area contributed by atoms with Gasteiger partial charge in [-0.1, -0.05) is 50.4 Å². The second-order valence-corrected chi connectivity index (χ2v) is 12.3. The molecule has 0 amide bonds.